The molecule has 0 aliphatic carbocycles. The van der Waals surface area contributed by atoms with Gasteiger partial charge < -0.3 is 0 Å². The number of carbonyl (C=O) groups is 2. The summed E-state index contributed by atoms with van der Waals surface area (Å²) in [5, 5.41) is 3.97. The van der Waals surface area contributed by atoms with Gasteiger partial charge in [-0.25, -0.2) is 5.43 Å². The molecule has 0 saturated carbocycles. The molecule has 150 valence electrons. The maximum atomic E-state index is 12.5. The van der Waals surface area contributed by atoms with Crippen LogP contribution in [0.5, 0.6) is 0 Å². The molecule has 1 N–H and O–H groups in total. The van der Waals surface area contributed by atoms with Crippen LogP contribution in [0, 0.1) is 3.57 Å². The highest BCUT2D eigenvalue weighted by Crippen LogP contribution is 2.41. The lowest BCUT2D eigenvalue weighted by Gasteiger charge is -2.24. The minimum absolute atomic E-state index is 0.0587. The number of anilines is 1. The molecule has 0 spiro atoms. The lowest BCUT2D eigenvalue weighted by molar-refractivity contribution is -0.115. The standard InChI is InChI=1S/C23H18IN3O2S/c24-19-8-4-5-16(13-19)14-25-26-22(29)17-9-11-20(12-10-17)27-21(28)15-30-23(27)18-6-2-1-3-7-18/h1-14,23H,15H2,(H,26,29)/b25-14+. The van der Waals surface area contributed by atoms with E-state index in [0.717, 1.165) is 20.4 Å². The van der Waals surface area contributed by atoms with Crippen LogP contribution in [0.25, 0.3) is 0 Å². The number of hydrazone groups is 1. The number of carbonyl (C=O) groups excluding carboxylic acids is 2. The Balaban J connectivity index is 1.45. The normalized spacial score (nSPS) is 16.2. The van der Waals surface area contributed by atoms with Gasteiger partial charge in [0.2, 0.25) is 5.91 Å². The first-order valence-corrected chi connectivity index (χ1v) is 11.4. The van der Waals surface area contributed by atoms with Crippen molar-refractivity contribution in [3.05, 3.63) is 99.1 Å². The van der Waals surface area contributed by atoms with E-state index in [1.807, 2.05) is 54.6 Å². The van der Waals surface area contributed by atoms with Gasteiger partial charge in [0.15, 0.2) is 0 Å². The lowest BCUT2D eigenvalue weighted by atomic mass is 10.1. The second-order valence-electron chi connectivity index (χ2n) is 6.64. The molecule has 30 heavy (non-hydrogen) atoms. The number of halogens is 1. The van der Waals surface area contributed by atoms with Gasteiger partial charge in [-0.2, -0.15) is 5.10 Å². The summed E-state index contributed by atoms with van der Waals surface area (Å²) in [6.45, 7) is 0. The van der Waals surface area contributed by atoms with Crippen molar-refractivity contribution in [2.45, 2.75) is 5.37 Å². The number of nitrogens with zero attached hydrogens (tertiary/aromatic N) is 2. The summed E-state index contributed by atoms with van der Waals surface area (Å²) < 4.78 is 1.10. The van der Waals surface area contributed by atoms with Crippen LogP contribution >= 0.6 is 34.4 Å². The van der Waals surface area contributed by atoms with Crippen LogP contribution in [-0.4, -0.2) is 23.8 Å². The van der Waals surface area contributed by atoms with Gasteiger partial charge in [-0.1, -0.05) is 42.5 Å². The van der Waals surface area contributed by atoms with Crippen LogP contribution in [0.2, 0.25) is 0 Å². The van der Waals surface area contributed by atoms with Crippen LogP contribution in [0.15, 0.2) is 84.0 Å². The highest BCUT2D eigenvalue weighted by molar-refractivity contribution is 14.1. The third-order valence-corrected chi connectivity index (χ3v) is 6.47. The SMILES string of the molecule is O=C(N/N=C/c1cccc(I)c1)c1ccc(N2C(=O)CSC2c2ccccc2)cc1. The molecule has 7 heteroatoms. The number of rotatable bonds is 5. The van der Waals surface area contributed by atoms with Crippen LogP contribution in [0.1, 0.15) is 26.9 Å². The van der Waals surface area contributed by atoms with Crippen molar-refractivity contribution in [2.75, 3.05) is 10.7 Å². The Morgan fingerprint density at radius 3 is 2.57 bits per heavy atom. The van der Waals surface area contributed by atoms with Gasteiger partial charge in [0.25, 0.3) is 5.91 Å². The summed E-state index contributed by atoms with van der Waals surface area (Å²) in [4.78, 5) is 26.6. The van der Waals surface area contributed by atoms with E-state index in [1.165, 1.54) is 0 Å². The second kappa shape index (κ2) is 9.44. The molecule has 1 atom stereocenters. The van der Waals surface area contributed by atoms with Crippen molar-refractivity contribution in [3.8, 4) is 0 Å². The minimum Gasteiger partial charge on any atom is -0.295 e. The Hall–Kier alpha value is -2.65. The van der Waals surface area contributed by atoms with Crippen molar-refractivity contribution in [2.24, 2.45) is 5.10 Å². The Morgan fingerprint density at radius 2 is 1.83 bits per heavy atom. The van der Waals surface area contributed by atoms with Gasteiger partial charge in [-0.15, -0.1) is 11.8 Å². The number of nitrogens with one attached hydrogen (secondary N) is 1. The quantitative estimate of drug-likeness (QED) is 0.294. The Morgan fingerprint density at radius 1 is 1.07 bits per heavy atom. The smallest absolute Gasteiger partial charge is 0.271 e. The highest BCUT2D eigenvalue weighted by Gasteiger charge is 2.33. The van der Waals surface area contributed by atoms with E-state index < -0.39 is 0 Å². The van der Waals surface area contributed by atoms with Crippen molar-refractivity contribution in [1.29, 1.82) is 0 Å². The first-order valence-electron chi connectivity index (χ1n) is 9.29. The maximum absolute atomic E-state index is 12.5. The third kappa shape index (κ3) is 4.73. The zero-order valence-electron chi connectivity index (χ0n) is 15.9. The molecule has 1 heterocycles. The van der Waals surface area contributed by atoms with E-state index in [4.69, 9.17) is 0 Å². The van der Waals surface area contributed by atoms with Gasteiger partial charge in [-0.3, -0.25) is 14.5 Å². The summed E-state index contributed by atoms with van der Waals surface area (Å²) >= 11 is 3.83. The zero-order chi connectivity index (χ0) is 20.9. The first kappa shape index (κ1) is 20.6. The number of thioether (sulfide) groups is 1. The first-order chi connectivity index (χ1) is 14.6. The van der Waals surface area contributed by atoms with Crippen LogP contribution in [0.4, 0.5) is 5.69 Å². The molecular weight excluding hydrogens is 509 g/mol. The van der Waals surface area contributed by atoms with Crippen LogP contribution < -0.4 is 10.3 Å². The Bertz CT molecular complexity index is 1090. The van der Waals surface area contributed by atoms with E-state index in [9.17, 15) is 9.59 Å². The molecule has 3 aromatic rings. The molecule has 4 rings (SSSR count). The molecule has 0 radical (unpaired) electrons. The summed E-state index contributed by atoms with van der Waals surface area (Å²) in [6, 6.07) is 24.8. The van der Waals surface area contributed by atoms with E-state index in [2.05, 4.69) is 33.1 Å². The Kier molecular flexibility index (Phi) is 6.49. The number of amides is 2. The zero-order valence-corrected chi connectivity index (χ0v) is 18.8. The van der Waals surface area contributed by atoms with Crippen molar-refractivity contribution >= 4 is 58.1 Å². The molecule has 1 aliphatic heterocycles. The molecule has 0 bridgehead atoms. The van der Waals surface area contributed by atoms with Gasteiger partial charge in [0.1, 0.15) is 5.37 Å². The van der Waals surface area contributed by atoms with Gasteiger partial charge in [0.05, 0.1) is 12.0 Å². The van der Waals surface area contributed by atoms with Crippen molar-refractivity contribution in [3.63, 3.8) is 0 Å². The fourth-order valence-corrected chi connectivity index (χ4v) is 4.90. The Labute approximate surface area is 192 Å². The fraction of sp³-hybridized carbons (Fsp3) is 0.0870. The number of benzene rings is 3. The largest absolute Gasteiger partial charge is 0.295 e. The van der Waals surface area contributed by atoms with Gasteiger partial charge in [-0.05, 0) is 70.1 Å². The van der Waals surface area contributed by atoms with E-state index in [-0.39, 0.29) is 17.2 Å². The van der Waals surface area contributed by atoms with E-state index >= 15 is 0 Å². The highest BCUT2D eigenvalue weighted by atomic mass is 127. The summed E-state index contributed by atoms with van der Waals surface area (Å²) in [5.74, 6) is 0.202. The molecule has 1 saturated heterocycles. The summed E-state index contributed by atoms with van der Waals surface area (Å²) in [7, 11) is 0. The fourth-order valence-electron chi connectivity index (χ4n) is 3.16. The lowest BCUT2D eigenvalue weighted by Crippen LogP contribution is -2.28. The molecule has 1 unspecified atom stereocenters. The average molecular weight is 527 g/mol. The molecular formula is C23H18IN3O2S. The number of hydrogen-bond donors (Lipinski definition) is 1. The minimum atomic E-state index is -0.301. The van der Waals surface area contributed by atoms with Crippen LogP contribution in [0.3, 0.4) is 0 Å². The number of hydrogen-bond acceptors (Lipinski definition) is 4. The summed E-state index contributed by atoms with van der Waals surface area (Å²) in [6.07, 6.45) is 1.61. The molecule has 1 fully saturated rings. The van der Waals surface area contributed by atoms with E-state index in [0.29, 0.717) is 11.3 Å². The molecule has 0 aromatic heterocycles. The maximum Gasteiger partial charge on any atom is 0.271 e. The molecule has 5 nitrogen and oxygen atoms in total. The second-order valence-corrected chi connectivity index (χ2v) is 8.95. The molecule has 2 amide bonds. The van der Waals surface area contributed by atoms with E-state index in [1.54, 1.807) is 47.1 Å². The monoisotopic (exact) mass is 527 g/mol. The van der Waals surface area contributed by atoms with Crippen molar-refractivity contribution < 1.29 is 9.59 Å². The predicted molar refractivity (Wildman–Crippen MR) is 130 cm³/mol. The van der Waals surface area contributed by atoms with Crippen LogP contribution in [-0.2, 0) is 4.79 Å². The topological polar surface area (TPSA) is 61.8 Å². The molecule has 3 aromatic carbocycles. The van der Waals surface area contributed by atoms with Crippen molar-refractivity contribution in [1.82, 2.24) is 5.43 Å². The molecule has 1 aliphatic rings. The predicted octanol–water partition coefficient (Wildman–Crippen LogP) is 4.83. The van der Waals surface area contributed by atoms with Gasteiger partial charge >= 0.3 is 0 Å². The summed E-state index contributed by atoms with van der Waals surface area (Å²) in [5.41, 5.74) is 5.79. The third-order valence-electron chi connectivity index (χ3n) is 4.59. The van der Waals surface area contributed by atoms with Gasteiger partial charge in [0, 0.05) is 14.8 Å². The average Bonchev–Trinajstić information content (AvgIpc) is 3.16.